The molecule has 13 nitrogen and oxygen atoms in total. The summed E-state index contributed by atoms with van der Waals surface area (Å²) in [5, 5.41) is 13.9. The fourth-order valence-electron chi connectivity index (χ4n) is 3.49. The Hall–Kier alpha value is -3.64. The van der Waals surface area contributed by atoms with Crippen LogP contribution in [0.4, 0.5) is 9.59 Å². The quantitative estimate of drug-likeness (QED) is 0.359. The summed E-state index contributed by atoms with van der Waals surface area (Å²) >= 11 is 0. The fraction of sp³-hybridized carbons (Fsp3) is 0.500. The Morgan fingerprint density at radius 3 is 2.72 bits per heavy atom. The summed E-state index contributed by atoms with van der Waals surface area (Å²) in [7, 11) is 0. The topological polar surface area (TPSA) is 191 Å². The second-order valence-electron chi connectivity index (χ2n) is 6.79. The molecule has 2 aliphatic rings. The lowest BCUT2D eigenvalue weighted by atomic mass is 10.1. The van der Waals surface area contributed by atoms with Gasteiger partial charge in [-0.2, -0.15) is 0 Å². The summed E-state index contributed by atoms with van der Waals surface area (Å²) in [6.07, 6.45) is 3.86. The number of nitrogens with two attached hydrogens (primary N) is 1. The summed E-state index contributed by atoms with van der Waals surface area (Å²) in [6, 6.07) is -5.24. The third-order valence-corrected chi connectivity index (χ3v) is 4.92. The van der Waals surface area contributed by atoms with Crippen molar-refractivity contribution < 1.29 is 29.1 Å². The Kier molecular flexibility index (Phi) is 5.66. The number of amides is 6. The number of aromatic amines is 1. The number of urea groups is 2. The number of hydrogen-bond donors (Lipinski definition) is 5. The van der Waals surface area contributed by atoms with Crippen molar-refractivity contribution in [3.8, 4) is 0 Å². The highest BCUT2D eigenvalue weighted by atomic mass is 16.4. The van der Waals surface area contributed by atoms with E-state index in [0.717, 1.165) is 0 Å². The molecule has 156 valence electrons. The number of imide groups is 1. The maximum Gasteiger partial charge on any atom is 0.328 e. The summed E-state index contributed by atoms with van der Waals surface area (Å²) in [5.41, 5.74) is 5.90. The smallest absolute Gasteiger partial charge is 0.328 e. The zero-order chi connectivity index (χ0) is 21.1. The summed E-state index contributed by atoms with van der Waals surface area (Å²) in [5.74, 6) is -2.56. The van der Waals surface area contributed by atoms with E-state index in [1.54, 1.807) is 0 Å². The number of carbonyl (C=O) groups excluding carboxylic acids is 4. The van der Waals surface area contributed by atoms with Crippen LogP contribution in [0.25, 0.3) is 0 Å². The number of likely N-dealkylation sites (tertiary alicyclic amines) is 1. The Labute approximate surface area is 164 Å². The highest BCUT2D eigenvalue weighted by molar-refractivity contribution is 6.01. The van der Waals surface area contributed by atoms with Crippen molar-refractivity contribution >= 4 is 29.8 Å². The number of H-pyrrole nitrogens is 1. The summed E-state index contributed by atoms with van der Waals surface area (Å²) < 4.78 is 0. The average Bonchev–Trinajstić information content (AvgIpc) is 3.40. The lowest BCUT2D eigenvalue weighted by Gasteiger charge is -2.29. The van der Waals surface area contributed by atoms with Crippen LogP contribution in [-0.4, -0.2) is 85.9 Å². The molecule has 0 aromatic carbocycles. The van der Waals surface area contributed by atoms with Crippen LogP contribution in [0, 0.1) is 0 Å². The molecule has 2 fully saturated rings. The van der Waals surface area contributed by atoms with E-state index in [0.29, 0.717) is 30.0 Å². The van der Waals surface area contributed by atoms with E-state index in [2.05, 4.69) is 20.6 Å². The van der Waals surface area contributed by atoms with Gasteiger partial charge in [-0.1, -0.05) is 0 Å². The number of carbonyl (C=O) groups is 5. The van der Waals surface area contributed by atoms with Gasteiger partial charge >= 0.3 is 18.0 Å². The molecular weight excluding hydrogens is 386 g/mol. The lowest BCUT2D eigenvalue weighted by Crippen LogP contribution is -2.57. The number of rotatable bonds is 6. The minimum absolute atomic E-state index is 0.000246. The normalized spacial score (nSPS) is 22.3. The number of aromatic nitrogens is 2. The third kappa shape index (κ3) is 4.12. The number of aliphatic carboxylic acids is 1. The van der Waals surface area contributed by atoms with E-state index >= 15 is 0 Å². The molecule has 2 aliphatic heterocycles. The van der Waals surface area contributed by atoms with Crippen LogP contribution in [0.2, 0.25) is 0 Å². The Morgan fingerprint density at radius 1 is 1.34 bits per heavy atom. The number of primary amides is 1. The van der Waals surface area contributed by atoms with E-state index in [4.69, 9.17) is 5.73 Å². The predicted molar refractivity (Wildman–Crippen MR) is 95.2 cm³/mol. The molecule has 1 aromatic heterocycles. The lowest BCUT2D eigenvalue weighted by molar-refractivity contribution is -0.140. The molecule has 29 heavy (non-hydrogen) atoms. The molecule has 0 radical (unpaired) electrons. The summed E-state index contributed by atoms with van der Waals surface area (Å²) in [6.45, 7) is 0.0559. The number of hydrogen-bond acceptors (Lipinski definition) is 6. The van der Waals surface area contributed by atoms with Crippen LogP contribution in [0.3, 0.4) is 0 Å². The molecule has 1 aromatic rings. The van der Waals surface area contributed by atoms with Gasteiger partial charge in [-0.25, -0.2) is 24.3 Å². The van der Waals surface area contributed by atoms with Crippen LogP contribution in [0.1, 0.15) is 18.5 Å². The largest absolute Gasteiger partial charge is 0.480 e. The standard InChI is InChI=1S/C16H21N7O6/c17-12(24)10-2-1-3-22(10)13(25)9(4-8-5-18-7-20-8)21-16(29)23-11(14(26)27)6-19-15(23)28/h5,7,9-11H,1-4,6H2,(H2,17,24)(H,18,20)(H,19,28)(H,21,29)(H,26,27)/t9-,10?,11?/m0/s1. The van der Waals surface area contributed by atoms with Gasteiger partial charge in [0.15, 0.2) is 6.04 Å². The van der Waals surface area contributed by atoms with Crippen molar-refractivity contribution in [2.45, 2.75) is 37.4 Å². The predicted octanol–water partition coefficient (Wildman–Crippen LogP) is -2.01. The zero-order valence-electron chi connectivity index (χ0n) is 15.3. The fourth-order valence-corrected chi connectivity index (χ4v) is 3.49. The van der Waals surface area contributed by atoms with Crippen molar-refractivity contribution in [3.05, 3.63) is 18.2 Å². The first-order valence-electron chi connectivity index (χ1n) is 8.97. The van der Waals surface area contributed by atoms with Gasteiger partial charge in [0.2, 0.25) is 11.8 Å². The molecule has 3 rings (SSSR count). The Morgan fingerprint density at radius 2 is 2.10 bits per heavy atom. The maximum absolute atomic E-state index is 13.1. The molecule has 3 heterocycles. The minimum Gasteiger partial charge on any atom is -0.480 e. The van der Waals surface area contributed by atoms with Crippen molar-refractivity contribution in [2.24, 2.45) is 5.73 Å². The number of nitrogens with one attached hydrogen (secondary N) is 3. The first-order valence-corrected chi connectivity index (χ1v) is 8.97. The van der Waals surface area contributed by atoms with Gasteiger partial charge < -0.3 is 31.4 Å². The molecule has 2 unspecified atom stereocenters. The van der Waals surface area contributed by atoms with Gasteiger partial charge in [0.1, 0.15) is 12.1 Å². The van der Waals surface area contributed by atoms with Crippen LogP contribution < -0.4 is 16.4 Å². The van der Waals surface area contributed by atoms with Crippen LogP contribution >= 0.6 is 0 Å². The average molecular weight is 407 g/mol. The molecule has 0 saturated carbocycles. The van der Waals surface area contributed by atoms with Gasteiger partial charge in [-0.3, -0.25) is 9.59 Å². The minimum atomic E-state index is -1.39. The molecule has 13 heteroatoms. The van der Waals surface area contributed by atoms with Crippen LogP contribution in [0.5, 0.6) is 0 Å². The second-order valence-corrected chi connectivity index (χ2v) is 6.79. The highest BCUT2D eigenvalue weighted by Crippen LogP contribution is 2.19. The number of nitrogens with zero attached hydrogens (tertiary/aromatic N) is 3. The molecule has 6 N–H and O–H groups in total. The van der Waals surface area contributed by atoms with E-state index in [1.807, 2.05) is 0 Å². The molecule has 2 saturated heterocycles. The first kappa shape index (κ1) is 20.1. The van der Waals surface area contributed by atoms with Gasteiger partial charge in [0.25, 0.3) is 0 Å². The van der Waals surface area contributed by atoms with E-state index in [9.17, 15) is 29.1 Å². The second kappa shape index (κ2) is 8.16. The maximum atomic E-state index is 13.1. The molecule has 0 spiro atoms. The van der Waals surface area contributed by atoms with E-state index in [1.165, 1.54) is 17.4 Å². The van der Waals surface area contributed by atoms with E-state index in [-0.39, 0.29) is 13.0 Å². The van der Waals surface area contributed by atoms with Crippen LogP contribution in [0.15, 0.2) is 12.5 Å². The molecule has 0 bridgehead atoms. The van der Waals surface area contributed by atoms with Crippen molar-refractivity contribution in [1.29, 1.82) is 0 Å². The van der Waals surface area contributed by atoms with Gasteiger partial charge in [0, 0.05) is 24.9 Å². The molecule has 3 atom stereocenters. The first-order chi connectivity index (χ1) is 13.8. The molecule has 6 amide bonds. The van der Waals surface area contributed by atoms with Gasteiger partial charge in [-0.15, -0.1) is 0 Å². The summed E-state index contributed by atoms with van der Waals surface area (Å²) in [4.78, 5) is 69.1. The van der Waals surface area contributed by atoms with Gasteiger partial charge in [0.05, 0.1) is 12.9 Å². The van der Waals surface area contributed by atoms with E-state index < -0.39 is 48.0 Å². The van der Waals surface area contributed by atoms with Crippen molar-refractivity contribution in [3.63, 3.8) is 0 Å². The Bertz CT molecular complexity index is 826. The zero-order valence-corrected chi connectivity index (χ0v) is 15.3. The van der Waals surface area contributed by atoms with Gasteiger partial charge in [-0.05, 0) is 12.8 Å². The molecular formula is C16H21N7O6. The highest BCUT2D eigenvalue weighted by Gasteiger charge is 2.43. The Balaban J connectivity index is 1.81. The number of carboxylic acids is 1. The third-order valence-electron chi connectivity index (χ3n) is 4.92. The van der Waals surface area contributed by atoms with Crippen molar-refractivity contribution in [2.75, 3.05) is 13.1 Å². The number of carboxylic acid groups (broad SMARTS) is 1. The van der Waals surface area contributed by atoms with Crippen molar-refractivity contribution in [1.82, 2.24) is 30.4 Å². The SMILES string of the molecule is NC(=O)C1CCCN1C(=O)[C@H](Cc1cnc[nH]1)NC(=O)N1C(=O)NCC1C(=O)O. The van der Waals surface area contributed by atoms with Crippen LogP contribution in [-0.2, 0) is 20.8 Å². The molecule has 0 aliphatic carbocycles. The number of imidazole rings is 1. The monoisotopic (exact) mass is 407 g/mol.